The lowest BCUT2D eigenvalue weighted by atomic mass is 9.65. The van der Waals surface area contributed by atoms with E-state index in [2.05, 4.69) is 0 Å². The molecule has 2 unspecified atom stereocenters. The summed E-state index contributed by atoms with van der Waals surface area (Å²) in [7, 11) is -2.06. The quantitative estimate of drug-likeness (QED) is 0.620. The van der Waals surface area contributed by atoms with E-state index < -0.39 is 18.8 Å². The second kappa shape index (κ2) is 4.04. The fourth-order valence-corrected chi connectivity index (χ4v) is 1.21. The highest BCUT2D eigenvalue weighted by Crippen LogP contribution is 2.26. The van der Waals surface area contributed by atoms with Crippen LogP contribution in [0.15, 0.2) is 24.3 Å². The van der Waals surface area contributed by atoms with Crippen molar-refractivity contribution in [1.29, 1.82) is 0 Å². The van der Waals surface area contributed by atoms with Gasteiger partial charge in [0.15, 0.2) is 5.57 Å². The Labute approximate surface area is 76.7 Å². The predicted octanol–water partition coefficient (Wildman–Crippen LogP) is 0.238. The van der Waals surface area contributed by atoms with Gasteiger partial charge >= 0.3 is 7.12 Å². The van der Waals surface area contributed by atoms with E-state index in [4.69, 9.17) is 14.8 Å². The Balaban J connectivity index is 2.80. The van der Waals surface area contributed by atoms with Gasteiger partial charge in [0.1, 0.15) is 6.10 Å². The van der Waals surface area contributed by atoms with Crippen LogP contribution in [-0.4, -0.2) is 35.4 Å². The van der Waals surface area contributed by atoms with Gasteiger partial charge in [0.05, 0.1) is 0 Å². The van der Waals surface area contributed by atoms with Gasteiger partial charge in [-0.1, -0.05) is 18.2 Å². The number of rotatable bonds is 3. The zero-order valence-electron chi connectivity index (χ0n) is 7.35. The molecule has 5 heteroatoms. The molecule has 0 saturated carbocycles. The minimum atomic E-state index is -2.23. The van der Waals surface area contributed by atoms with E-state index in [9.17, 15) is 4.39 Å². The third-order valence-electron chi connectivity index (χ3n) is 1.93. The summed E-state index contributed by atoms with van der Waals surface area (Å²) in [6.45, 7) is 2.04. The number of allylic oxidation sites excluding steroid dienone is 2. The van der Waals surface area contributed by atoms with Crippen molar-refractivity contribution in [2.75, 3.05) is 6.61 Å². The van der Waals surface area contributed by atoms with Crippen LogP contribution in [0.1, 0.15) is 6.92 Å². The van der Waals surface area contributed by atoms with Crippen LogP contribution in [-0.2, 0) is 4.74 Å². The maximum Gasteiger partial charge on any atom is 0.499 e. The van der Waals surface area contributed by atoms with Gasteiger partial charge in [-0.15, -0.1) is 0 Å². The second-order valence-corrected chi connectivity index (χ2v) is 2.82. The number of alkyl halides is 1. The van der Waals surface area contributed by atoms with Crippen molar-refractivity contribution in [3.05, 3.63) is 24.3 Å². The molecule has 1 aliphatic rings. The molecule has 0 amide bonds. The summed E-state index contributed by atoms with van der Waals surface area (Å²) >= 11 is 0. The third kappa shape index (κ3) is 1.99. The molecule has 13 heavy (non-hydrogen) atoms. The van der Waals surface area contributed by atoms with Crippen molar-refractivity contribution in [1.82, 2.24) is 0 Å². The van der Waals surface area contributed by atoms with Gasteiger partial charge in [-0.3, -0.25) is 0 Å². The first kappa shape index (κ1) is 10.4. The zero-order chi connectivity index (χ0) is 9.90. The predicted molar refractivity (Wildman–Crippen MR) is 47.7 cm³/mol. The van der Waals surface area contributed by atoms with Gasteiger partial charge < -0.3 is 14.8 Å². The van der Waals surface area contributed by atoms with E-state index in [1.54, 1.807) is 13.0 Å². The van der Waals surface area contributed by atoms with Crippen molar-refractivity contribution in [2.45, 2.75) is 18.6 Å². The summed E-state index contributed by atoms with van der Waals surface area (Å²) in [6.07, 6.45) is 4.67. The van der Waals surface area contributed by atoms with E-state index in [-0.39, 0.29) is 0 Å². The first-order valence-corrected chi connectivity index (χ1v) is 4.14. The molecule has 72 valence electrons. The molecule has 0 heterocycles. The largest absolute Gasteiger partial charge is 0.499 e. The van der Waals surface area contributed by atoms with E-state index in [0.717, 1.165) is 6.08 Å². The topological polar surface area (TPSA) is 49.7 Å². The highest BCUT2D eigenvalue weighted by Gasteiger charge is 2.48. The van der Waals surface area contributed by atoms with Crippen molar-refractivity contribution in [3.8, 4) is 0 Å². The monoisotopic (exact) mass is 186 g/mol. The minimum Gasteiger partial charge on any atom is -0.425 e. The summed E-state index contributed by atoms with van der Waals surface area (Å²) in [5, 5.41) is 17.7. The molecular formula is C8H12BFO3. The molecule has 0 aromatic carbocycles. The maximum atomic E-state index is 13.8. The Morgan fingerprint density at radius 3 is 2.77 bits per heavy atom. The number of halogens is 1. The first-order valence-electron chi connectivity index (χ1n) is 4.14. The van der Waals surface area contributed by atoms with Crippen LogP contribution in [0.4, 0.5) is 4.39 Å². The highest BCUT2D eigenvalue weighted by molar-refractivity contribution is 6.46. The molecule has 0 aromatic heterocycles. The smallest absolute Gasteiger partial charge is 0.425 e. The molecule has 1 rings (SSSR count). The molecule has 1 aliphatic carbocycles. The summed E-state index contributed by atoms with van der Waals surface area (Å²) in [4.78, 5) is 0. The highest BCUT2D eigenvalue weighted by atomic mass is 19.1. The number of hydrogen-bond acceptors (Lipinski definition) is 3. The molecule has 0 fully saturated rings. The number of hydrogen-bond donors (Lipinski definition) is 2. The van der Waals surface area contributed by atoms with Crippen LogP contribution in [0, 0.1) is 0 Å². The fraction of sp³-hybridized carbons (Fsp3) is 0.500. The van der Waals surface area contributed by atoms with Crippen LogP contribution >= 0.6 is 0 Å². The SMILES string of the molecule is CCOC1C=CC=CC1(F)B(O)O. The second-order valence-electron chi connectivity index (χ2n) is 2.82. The Hall–Kier alpha value is -0.645. The first-order chi connectivity index (χ1) is 6.11. The molecule has 0 aromatic rings. The van der Waals surface area contributed by atoms with Crippen LogP contribution < -0.4 is 0 Å². The van der Waals surface area contributed by atoms with Crippen molar-refractivity contribution in [2.24, 2.45) is 0 Å². The van der Waals surface area contributed by atoms with Crippen LogP contribution in [0.2, 0.25) is 0 Å². The van der Waals surface area contributed by atoms with Gasteiger partial charge in [-0.05, 0) is 13.0 Å². The van der Waals surface area contributed by atoms with Gasteiger partial charge in [-0.2, -0.15) is 0 Å². The van der Waals surface area contributed by atoms with Gasteiger partial charge in [0.2, 0.25) is 0 Å². The van der Waals surface area contributed by atoms with E-state index in [0.29, 0.717) is 6.61 Å². The molecule has 3 nitrogen and oxygen atoms in total. The normalized spacial score (nSPS) is 32.2. The van der Waals surface area contributed by atoms with E-state index in [1.165, 1.54) is 12.2 Å². The molecule has 2 N–H and O–H groups in total. The molecule has 0 spiro atoms. The van der Waals surface area contributed by atoms with E-state index in [1.807, 2.05) is 0 Å². The lowest BCUT2D eigenvalue weighted by Gasteiger charge is -2.29. The molecule has 2 atom stereocenters. The Kier molecular flexibility index (Phi) is 3.25. The van der Waals surface area contributed by atoms with Crippen molar-refractivity contribution in [3.63, 3.8) is 0 Å². The Bertz CT molecular complexity index is 229. The zero-order valence-corrected chi connectivity index (χ0v) is 7.35. The van der Waals surface area contributed by atoms with E-state index >= 15 is 0 Å². The van der Waals surface area contributed by atoms with Gasteiger partial charge in [0.25, 0.3) is 0 Å². The summed E-state index contributed by atoms with van der Waals surface area (Å²) in [5.41, 5.74) is -2.23. The van der Waals surface area contributed by atoms with Crippen molar-refractivity contribution < 1.29 is 19.2 Å². The lowest BCUT2D eigenvalue weighted by molar-refractivity contribution is 0.0187. The third-order valence-corrected chi connectivity index (χ3v) is 1.93. The summed E-state index contributed by atoms with van der Waals surface area (Å²) < 4.78 is 18.8. The summed E-state index contributed by atoms with van der Waals surface area (Å²) in [6, 6.07) is 0. The van der Waals surface area contributed by atoms with Crippen LogP contribution in [0.25, 0.3) is 0 Å². The summed E-state index contributed by atoms with van der Waals surface area (Å²) in [5.74, 6) is 0. The molecule has 0 saturated heterocycles. The van der Waals surface area contributed by atoms with Crippen molar-refractivity contribution >= 4 is 7.12 Å². The Morgan fingerprint density at radius 1 is 1.54 bits per heavy atom. The van der Waals surface area contributed by atoms with Crippen LogP contribution in [0.3, 0.4) is 0 Å². The average Bonchev–Trinajstić information content (AvgIpc) is 2.09. The molecule has 0 radical (unpaired) electrons. The average molecular weight is 186 g/mol. The molecular weight excluding hydrogens is 174 g/mol. The standard InChI is InChI=1S/C8H12BFO3/c1-2-13-7-5-3-4-6-8(7,10)9(11)12/h3-7,11-12H,2H2,1H3. The Morgan fingerprint density at radius 2 is 2.23 bits per heavy atom. The molecule has 0 aliphatic heterocycles. The lowest BCUT2D eigenvalue weighted by Crippen LogP contribution is -2.51. The number of ether oxygens (including phenoxy) is 1. The van der Waals surface area contributed by atoms with Crippen LogP contribution in [0.5, 0.6) is 0 Å². The van der Waals surface area contributed by atoms with Gasteiger partial charge in [0, 0.05) is 6.61 Å². The molecule has 0 bridgehead atoms. The minimum absolute atomic E-state index is 0.321. The van der Waals surface area contributed by atoms with Gasteiger partial charge in [-0.25, -0.2) is 4.39 Å². The fourth-order valence-electron chi connectivity index (χ4n) is 1.21. The maximum absolute atomic E-state index is 13.8.